The van der Waals surface area contributed by atoms with E-state index in [0.29, 0.717) is 18.3 Å². The van der Waals surface area contributed by atoms with Gasteiger partial charge in [-0.25, -0.2) is 0 Å². The summed E-state index contributed by atoms with van der Waals surface area (Å²) in [6.45, 7) is 2.61. The first-order valence-electron chi connectivity index (χ1n) is 5.32. The van der Waals surface area contributed by atoms with Crippen LogP contribution >= 0.6 is 0 Å². The van der Waals surface area contributed by atoms with Gasteiger partial charge in [-0.1, -0.05) is 0 Å². The molecule has 16 heavy (non-hydrogen) atoms. The lowest BCUT2D eigenvalue weighted by Crippen LogP contribution is -2.29. The summed E-state index contributed by atoms with van der Waals surface area (Å²) >= 11 is 0. The van der Waals surface area contributed by atoms with Gasteiger partial charge in [0, 0.05) is 19.1 Å². The van der Waals surface area contributed by atoms with Gasteiger partial charge in [-0.2, -0.15) is 0 Å². The molecule has 1 aromatic heterocycles. The Kier molecular flexibility index (Phi) is 3.21. The molecule has 1 aromatic rings. The molecule has 1 N–H and O–H groups in total. The Bertz CT molecular complexity index is 377. The number of furan rings is 1. The van der Waals surface area contributed by atoms with Gasteiger partial charge in [-0.05, 0) is 19.5 Å². The molecule has 0 amide bonds. The predicted molar refractivity (Wildman–Crippen MR) is 58.1 cm³/mol. The number of hydrogen-bond acceptors (Lipinski definition) is 5. The summed E-state index contributed by atoms with van der Waals surface area (Å²) in [4.78, 5) is 12.2. The zero-order chi connectivity index (χ0) is 11.5. The van der Waals surface area contributed by atoms with Gasteiger partial charge in [0.25, 0.3) is 0 Å². The first-order valence-corrected chi connectivity index (χ1v) is 5.32. The van der Waals surface area contributed by atoms with Crippen LogP contribution in [0, 0.1) is 10.1 Å². The van der Waals surface area contributed by atoms with E-state index < -0.39 is 4.92 Å². The molecular formula is C10H15N3O3. The first-order chi connectivity index (χ1) is 7.69. The van der Waals surface area contributed by atoms with Gasteiger partial charge < -0.3 is 9.73 Å². The molecule has 2 rings (SSSR count). The molecule has 0 aromatic carbocycles. The largest absolute Gasteiger partial charge is 0.433 e. The Balaban J connectivity index is 1.92. The van der Waals surface area contributed by atoms with Crippen molar-refractivity contribution < 1.29 is 9.34 Å². The molecule has 6 nitrogen and oxygen atoms in total. The van der Waals surface area contributed by atoms with Gasteiger partial charge in [0.05, 0.1) is 12.6 Å². The summed E-state index contributed by atoms with van der Waals surface area (Å²) in [5.74, 6) is 0.475. The molecule has 1 fully saturated rings. The van der Waals surface area contributed by atoms with Crippen LogP contribution in [-0.2, 0) is 6.54 Å². The SMILES string of the molecule is CNC1CCN(Cc2ccc([N+](=O)[O-])o2)C1. The molecule has 88 valence electrons. The number of nitrogens with one attached hydrogen (secondary N) is 1. The van der Waals surface area contributed by atoms with Crippen LogP contribution in [0.5, 0.6) is 0 Å². The number of rotatable bonds is 4. The molecule has 1 unspecified atom stereocenters. The summed E-state index contributed by atoms with van der Waals surface area (Å²) in [6.07, 6.45) is 1.11. The lowest BCUT2D eigenvalue weighted by atomic mass is 10.3. The lowest BCUT2D eigenvalue weighted by molar-refractivity contribution is -0.402. The second kappa shape index (κ2) is 4.63. The van der Waals surface area contributed by atoms with Gasteiger partial charge in [-0.3, -0.25) is 15.0 Å². The molecule has 0 radical (unpaired) electrons. The molecule has 0 spiro atoms. The van der Waals surface area contributed by atoms with Crippen molar-refractivity contribution in [3.63, 3.8) is 0 Å². The average molecular weight is 225 g/mol. The van der Waals surface area contributed by atoms with E-state index in [9.17, 15) is 10.1 Å². The molecule has 1 atom stereocenters. The summed E-state index contributed by atoms with van der Waals surface area (Å²) in [7, 11) is 1.95. The molecule has 0 aliphatic carbocycles. The Labute approximate surface area is 93.4 Å². The maximum atomic E-state index is 10.4. The number of likely N-dealkylation sites (tertiary alicyclic amines) is 1. The minimum atomic E-state index is -0.510. The molecule has 1 aliphatic rings. The van der Waals surface area contributed by atoms with Gasteiger partial charge in [0.2, 0.25) is 0 Å². The first kappa shape index (κ1) is 11.1. The van der Waals surface area contributed by atoms with Gasteiger partial charge in [-0.15, -0.1) is 0 Å². The maximum Gasteiger partial charge on any atom is 0.433 e. The fourth-order valence-electron chi connectivity index (χ4n) is 1.98. The number of nitrogens with zero attached hydrogens (tertiary/aromatic N) is 2. The van der Waals surface area contributed by atoms with Crippen LogP contribution in [0.1, 0.15) is 12.2 Å². The highest BCUT2D eigenvalue weighted by Gasteiger charge is 2.22. The second-order valence-electron chi connectivity index (χ2n) is 4.01. The Morgan fingerprint density at radius 3 is 3.06 bits per heavy atom. The molecule has 2 heterocycles. The fourth-order valence-corrected chi connectivity index (χ4v) is 1.98. The zero-order valence-corrected chi connectivity index (χ0v) is 9.18. The monoisotopic (exact) mass is 225 g/mol. The number of nitro groups is 1. The molecule has 0 saturated carbocycles. The average Bonchev–Trinajstić information content (AvgIpc) is 2.87. The van der Waals surface area contributed by atoms with Crippen LogP contribution in [0.3, 0.4) is 0 Å². The fraction of sp³-hybridized carbons (Fsp3) is 0.600. The summed E-state index contributed by atoms with van der Waals surface area (Å²) in [6, 6.07) is 3.59. The minimum Gasteiger partial charge on any atom is -0.404 e. The van der Waals surface area contributed by atoms with Gasteiger partial charge in [0.1, 0.15) is 10.7 Å². The highest BCUT2D eigenvalue weighted by Crippen LogP contribution is 2.19. The summed E-state index contributed by atoms with van der Waals surface area (Å²) in [5.41, 5.74) is 0. The van der Waals surface area contributed by atoms with Gasteiger partial charge in [0.15, 0.2) is 0 Å². The molecule has 6 heteroatoms. The molecule has 1 aliphatic heterocycles. The van der Waals surface area contributed by atoms with E-state index in [2.05, 4.69) is 10.2 Å². The maximum absolute atomic E-state index is 10.4. The van der Waals surface area contributed by atoms with Crippen molar-refractivity contribution in [2.24, 2.45) is 0 Å². The lowest BCUT2D eigenvalue weighted by Gasteiger charge is -2.13. The highest BCUT2D eigenvalue weighted by atomic mass is 16.6. The van der Waals surface area contributed by atoms with Crippen molar-refractivity contribution >= 4 is 5.88 Å². The quantitative estimate of drug-likeness (QED) is 0.611. The predicted octanol–water partition coefficient (Wildman–Crippen LogP) is 0.981. The van der Waals surface area contributed by atoms with Crippen molar-refractivity contribution in [2.75, 3.05) is 20.1 Å². The van der Waals surface area contributed by atoms with Crippen LogP contribution < -0.4 is 5.32 Å². The normalized spacial score (nSPS) is 21.4. The van der Waals surface area contributed by atoms with E-state index in [0.717, 1.165) is 19.5 Å². The van der Waals surface area contributed by atoms with Crippen molar-refractivity contribution in [1.29, 1.82) is 0 Å². The van der Waals surface area contributed by atoms with Crippen LogP contribution in [0.4, 0.5) is 5.88 Å². The smallest absolute Gasteiger partial charge is 0.404 e. The highest BCUT2D eigenvalue weighted by molar-refractivity contribution is 5.17. The topological polar surface area (TPSA) is 71.5 Å². The number of hydrogen-bond donors (Lipinski definition) is 1. The van der Waals surface area contributed by atoms with E-state index in [1.165, 1.54) is 6.07 Å². The molecular weight excluding hydrogens is 210 g/mol. The Hall–Kier alpha value is -1.40. The standard InChI is InChI=1S/C10H15N3O3/c1-11-8-4-5-12(6-8)7-9-2-3-10(16-9)13(14)15/h2-3,8,11H,4-7H2,1H3. The van der Waals surface area contributed by atoms with E-state index in [4.69, 9.17) is 4.42 Å². The van der Waals surface area contributed by atoms with Crippen molar-refractivity contribution in [3.8, 4) is 0 Å². The van der Waals surface area contributed by atoms with E-state index in [-0.39, 0.29) is 5.88 Å². The second-order valence-corrected chi connectivity index (χ2v) is 4.01. The summed E-state index contributed by atoms with van der Waals surface area (Å²) in [5, 5.41) is 13.7. The van der Waals surface area contributed by atoms with E-state index >= 15 is 0 Å². The van der Waals surface area contributed by atoms with Crippen molar-refractivity contribution in [1.82, 2.24) is 10.2 Å². The third kappa shape index (κ3) is 2.40. The Morgan fingerprint density at radius 1 is 1.69 bits per heavy atom. The van der Waals surface area contributed by atoms with Crippen LogP contribution in [0.15, 0.2) is 16.5 Å². The van der Waals surface area contributed by atoms with E-state index in [1.807, 2.05) is 7.05 Å². The summed E-state index contributed by atoms with van der Waals surface area (Å²) < 4.78 is 5.11. The third-order valence-electron chi connectivity index (χ3n) is 2.89. The third-order valence-corrected chi connectivity index (χ3v) is 2.89. The Morgan fingerprint density at radius 2 is 2.50 bits per heavy atom. The van der Waals surface area contributed by atoms with Crippen LogP contribution in [-0.4, -0.2) is 36.0 Å². The van der Waals surface area contributed by atoms with Gasteiger partial charge >= 0.3 is 5.88 Å². The molecule has 0 bridgehead atoms. The van der Waals surface area contributed by atoms with E-state index in [1.54, 1.807) is 6.07 Å². The van der Waals surface area contributed by atoms with Crippen molar-refractivity contribution in [2.45, 2.75) is 19.0 Å². The number of likely N-dealkylation sites (N-methyl/N-ethyl adjacent to an activating group) is 1. The minimum absolute atomic E-state index is 0.181. The van der Waals surface area contributed by atoms with Crippen molar-refractivity contribution in [3.05, 3.63) is 28.0 Å². The van der Waals surface area contributed by atoms with Crippen LogP contribution in [0.25, 0.3) is 0 Å². The van der Waals surface area contributed by atoms with Crippen LogP contribution in [0.2, 0.25) is 0 Å². The zero-order valence-electron chi connectivity index (χ0n) is 9.18. The molecule has 1 saturated heterocycles.